The Morgan fingerprint density at radius 2 is 1.90 bits per heavy atom. The number of halogens is 1. The molecule has 3 aromatic rings. The summed E-state index contributed by atoms with van der Waals surface area (Å²) in [5, 5.41) is 19.7. The smallest absolute Gasteiger partial charge is 0.173 e. The molecule has 0 amide bonds. The van der Waals surface area contributed by atoms with Crippen molar-refractivity contribution in [3.63, 3.8) is 0 Å². The minimum absolute atomic E-state index is 0.168. The molecule has 0 saturated carbocycles. The van der Waals surface area contributed by atoms with Crippen LogP contribution in [0.5, 0.6) is 0 Å². The second-order valence-corrected chi connectivity index (χ2v) is 5.35. The predicted octanol–water partition coefficient (Wildman–Crippen LogP) is 1.66. The molecule has 2 aromatic heterocycles. The molecule has 1 aromatic carbocycles. The van der Waals surface area contributed by atoms with Gasteiger partial charge in [0.2, 0.25) is 0 Å². The van der Waals surface area contributed by atoms with Crippen molar-refractivity contribution < 1.29 is 0 Å². The fraction of sp³-hybridized carbons (Fsp3) is 0.308. The molecule has 21 heavy (non-hydrogen) atoms. The molecular formula is C13H14ClN7. The van der Waals surface area contributed by atoms with E-state index >= 15 is 0 Å². The predicted molar refractivity (Wildman–Crippen MR) is 76.8 cm³/mol. The van der Waals surface area contributed by atoms with E-state index in [1.165, 1.54) is 0 Å². The summed E-state index contributed by atoms with van der Waals surface area (Å²) in [4.78, 5) is 0. The van der Waals surface area contributed by atoms with Crippen LogP contribution in [0.3, 0.4) is 0 Å². The number of benzene rings is 1. The zero-order chi connectivity index (χ0) is 14.7. The summed E-state index contributed by atoms with van der Waals surface area (Å²) < 4.78 is 3.43. The summed E-state index contributed by atoms with van der Waals surface area (Å²) in [7, 11) is 0. The van der Waals surface area contributed by atoms with Gasteiger partial charge in [0.05, 0.1) is 18.1 Å². The molecular weight excluding hydrogens is 290 g/mol. The van der Waals surface area contributed by atoms with Gasteiger partial charge in [0, 0.05) is 0 Å². The maximum atomic E-state index is 5.98. The van der Waals surface area contributed by atoms with Crippen molar-refractivity contribution in [3.8, 4) is 0 Å². The zero-order valence-electron chi connectivity index (χ0n) is 11.5. The Labute approximate surface area is 126 Å². The van der Waals surface area contributed by atoms with Gasteiger partial charge in [-0.2, -0.15) is 0 Å². The second-order valence-electron chi connectivity index (χ2n) is 4.70. The first-order chi connectivity index (χ1) is 10.2. The first-order valence-corrected chi connectivity index (χ1v) is 6.99. The normalized spacial score (nSPS) is 12.5. The molecule has 0 N–H and O–H groups in total. The fourth-order valence-electron chi connectivity index (χ4n) is 1.93. The topological polar surface area (TPSA) is 74.3 Å². The molecule has 108 valence electrons. The molecule has 8 heteroatoms. The van der Waals surface area contributed by atoms with Crippen LogP contribution in [0.15, 0.2) is 36.5 Å². The number of hydrogen-bond acceptors (Lipinski definition) is 5. The van der Waals surface area contributed by atoms with Crippen LogP contribution in [0.4, 0.5) is 0 Å². The molecule has 7 nitrogen and oxygen atoms in total. The van der Waals surface area contributed by atoms with Gasteiger partial charge < -0.3 is 0 Å². The van der Waals surface area contributed by atoms with Crippen LogP contribution in [-0.2, 0) is 13.1 Å². The van der Waals surface area contributed by atoms with E-state index in [0.717, 1.165) is 17.1 Å². The third-order valence-corrected chi connectivity index (χ3v) is 3.27. The molecule has 0 bridgehead atoms. The van der Waals surface area contributed by atoms with E-state index in [4.69, 9.17) is 11.6 Å². The highest BCUT2D eigenvalue weighted by Crippen LogP contribution is 2.15. The molecule has 3 rings (SSSR count). The van der Waals surface area contributed by atoms with E-state index in [0.29, 0.717) is 13.1 Å². The maximum absolute atomic E-state index is 5.98. The van der Waals surface area contributed by atoms with Crippen molar-refractivity contribution in [1.82, 2.24) is 35.2 Å². The third kappa shape index (κ3) is 3.25. The third-order valence-electron chi connectivity index (χ3n) is 3.05. The SMILES string of the molecule is CC(Cl)c1cn(Cc2nnnn2Cc2ccccc2)nn1. The Bertz CT molecular complexity index is 704. The van der Waals surface area contributed by atoms with Gasteiger partial charge in [0.25, 0.3) is 0 Å². The number of rotatable bonds is 5. The van der Waals surface area contributed by atoms with Gasteiger partial charge in [-0.1, -0.05) is 35.5 Å². The van der Waals surface area contributed by atoms with Crippen molar-refractivity contribution in [2.45, 2.75) is 25.4 Å². The molecule has 0 aliphatic heterocycles. The van der Waals surface area contributed by atoms with E-state index < -0.39 is 0 Å². The van der Waals surface area contributed by atoms with Crippen LogP contribution in [0, 0.1) is 0 Å². The summed E-state index contributed by atoms with van der Waals surface area (Å²) in [6.45, 7) is 2.93. The van der Waals surface area contributed by atoms with Gasteiger partial charge in [0.1, 0.15) is 12.2 Å². The number of aromatic nitrogens is 7. The Kier molecular flexibility index (Phi) is 3.92. The van der Waals surface area contributed by atoms with Crippen LogP contribution in [0.2, 0.25) is 0 Å². The molecule has 0 radical (unpaired) electrons. The van der Waals surface area contributed by atoms with Crippen molar-refractivity contribution in [3.05, 3.63) is 53.6 Å². The molecule has 1 unspecified atom stereocenters. The molecule has 0 fully saturated rings. The standard InChI is InChI=1S/C13H14ClN7/c1-10(14)12-8-20(18-15-12)9-13-16-17-19-21(13)7-11-5-3-2-4-6-11/h2-6,8,10H,7,9H2,1H3. The molecule has 0 spiro atoms. The maximum Gasteiger partial charge on any atom is 0.173 e. The average Bonchev–Trinajstić information content (AvgIpc) is 3.11. The van der Waals surface area contributed by atoms with Gasteiger partial charge in [-0.3, -0.25) is 0 Å². The van der Waals surface area contributed by atoms with E-state index in [1.54, 1.807) is 15.6 Å². The first kappa shape index (κ1) is 13.7. The molecule has 1 atom stereocenters. The van der Waals surface area contributed by atoms with Crippen LogP contribution in [-0.4, -0.2) is 35.2 Å². The van der Waals surface area contributed by atoms with Crippen molar-refractivity contribution >= 4 is 11.6 Å². The largest absolute Gasteiger partial charge is 0.244 e. The highest BCUT2D eigenvalue weighted by atomic mass is 35.5. The summed E-state index contributed by atoms with van der Waals surface area (Å²) in [5.41, 5.74) is 1.87. The molecule has 2 heterocycles. The van der Waals surface area contributed by atoms with Crippen LogP contribution in [0.1, 0.15) is 29.4 Å². The Hall–Kier alpha value is -2.28. The lowest BCUT2D eigenvalue weighted by atomic mass is 10.2. The van der Waals surface area contributed by atoms with Gasteiger partial charge in [-0.15, -0.1) is 21.8 Å². The first-order valence-electron chi connectivity index (χ1n) is 6.55. The fourth-order valence-corrected chi connectivity index (χ4v) is 2.03. The van der Waals surface area contributed by atoms with Gasteiger partial charge in [-0.25, -0.2) is 9.36 Å². The monoisotopic (exact) mass is 303 g/mol. The quantitative estimate of drug-likeness (QED) is 0.670. The summed E-state index contributed by atoms with van der Waals surface area (Å²) in [6.07, 6.45) is 1.80. The van der Waals surface area contributed by atoms with Crippen LogP contribution >= 0.6 is 11.6 Å². The summed E-state index contributed by atoms with van der Waals surface area (Å²) >= 11 is 5.98. The average molecular weight is 304 g/mol. The second kappa shape index (κ2) is 6.01. The van der Waals surface area contributed by atoms with E-state index in [-0.39, 0.29) is 5.38 Å². The number of nitrogens with zero attached hydrogens (tertiary/aromatic N) is 7. The lowest BCUT2D eigenvalue weighted by Crippen LogP contribution is -2.11. The van der Waals surface area contributed by atoms with Crippen molar-refractivity contribution in [2.75, 3.05) is 0 Å². The Morgan fingerprint density at radius 3 is 2.62 bits per heavy atom. The Balaban J connectivity index is 1.76. The van der Waals surface area contributed by atoms with E-state index in [1.807, 2.05) is 37.3 Å². The molecule has 0 aliphatic rings. The van der Waals surface area contributed by atoms with E-state index in [9.17, 15) is 0 Å². The number of hydrogen-bond donors (Lipinski definition) is 0. The van der Waals surface area contributed by atoms with Gasteiger partial charge in [0.15, 0.2) is 5.82 Å². The van der Waals surface area contributed by atoms with Gasteiger partial charge in [-0.05, 0) is 22.9 Å². The lowest BCUT2D eigenvalue weighted by molar-refractivity contribution is 0.564. The van der Waals surface area contributed by atoms with Crippen LogP contribution in [0.25, 0.3) is 0 Å². The number of tetrazole rings is 1. The zero-order valence-corrected chi connectivity index (χ0v) is 12.2. The lowest BCUT2D eigenvalue weighted by Gasteiger charge is -2.04. The summed E-state index contributed by atoms with van der Waals surface area (Å²) in [5.74, 6) is 0.720. The van der Waals surface area contributed by atoms with Crippen molar-refractivity contribution in [2.24, 2.45) is 0 Å². The highest BCUT2D eigenvalue weighted by molar-refractivity contribution is 6.20. The van der Waals surface area contributed by atoms with Crippen molar-refractivity contribution in [1.29, 1.82) is 0 Å². The molecule has 0 aliphatic carbocycles. The number of alkyl halides is 1. The minimum Gasteiger partial charge on any atom is -0.244 e. The van der Waals surface area contributed by atoms with Crippen LogP contribution < -0.4 is 0 Å². The summed E-state index contributed by atoms with van der Waals surface area (Å²) in [6, 6.07) is 10.0. The van der Waals surface area contributed by atoms with E-state index in [2.05, 4.69) is 25.8 Å². The molecule has 0 saturated heterocycles. The Morgan fingerprint density at radius 1 is 1.10 bits per heavy atom. The highest BCUT2D eigenvalue weighted by Gasteiger charge is 2.11. The van der Waals surface area contributed by atoms with Gasteiger partial charge >= 0.3 is 0 Å². The minimum atomic E-state index is -0.168.